The van der Waals surface area contributed by atoms with E-state index in [1.807, 2.05) is 24.5 Å². The van der Waals surface area contributed by atoms with Gasteiger partial charge in [0.2, 0.25) is 0 Å². The third-order valence-corrected chi connectivity index (χ3v) is 2.28. The van der Waals surface area contributed by atoms with Crippen molar-refractivity contribution in [1.82, 2.24) is 3.27 Å². The van der Waals surface area contributed by atoms with E-state index < -0.39 is 0 Å². The van der Waals surface area contributed by atoms with Gasteiger partial charge >= 0.3 is 76.2 Å². The van der Waals surface area contributed by atoms with Gasteiger partial charge in [0.05, 0.1) is 0 Å². The van der Waals surface area contributed by atoms with Crippen molar-refractivity contribution < 1.29 is 0 Å². The molecule has 1 heterocycles. The van der Waals surface area contributed by atoms with Gasteiger partial charge in [0.15, 0.2) is 0 Å². The third-order valence-electron chi connectivity index (χ3n) is 1.29. The van der Waals surface area contributed by atoms with Gasteiger partial charge in [0.25, 0.3) is 0 Å². The van der Waals surface area contributed by atoms with Crippen LogP contribution in [0.4, 0.5) is 0 Å². The van der Waals surface area contributed by atoms with Gasteiger partial charge in [-0.15, -0.1) is 0 Å². The standard InChI is InChI=1S/C7H10N3.Ga/c8-3-5-9-6-7-2-1-4-10-7;/h1-2,4,6H,3,5,8H2;/q-1;+1. The Hall–Kier alpha value is -0.454. The zero-order chi connectivity index (χ0) is 8.10. The van der Waals surface area contributed by atoms with Crippen molar-refractivity contribution in [2.75, 3.05) is 13.1 Å². The molecule has 0 saturated carbocycles. The molecule has 2 radical (unpaired) electrons. The van der Waals surface area contributed by atoms with E-state index in [1.165, 1.54) is 0 Å². The van der Waals surface area contributed by atoms with E-state index in [0.29, 0.717) is 13.1 Å². The van der Waals surface area contributed by atoms with Crippen LogP contribution >= 0.6 is 0 Å². The third kappa shape index (κ3) is 2.57. The van der Waals surface area contributed by atoms with Crippen LogP contribution in [-0.2, 0) is 0 Å². The number of nitrogens with two attached hydrogens (primary N) is 1. The van der Waals surface area contributed by atoms with Crippen LogP contribution in [-0.4, -0.2) is 41.4 Å². The monoisotopic (exact) mass is 205 g/mol. The van der Waals surface area contributed by atoms with Crippen molar-refractivity contribution in [2.45, 2.75) is 0 Å². The number of hydrogen-bond donors (Lipinski definition) is 1. The van der Waals surface area contributed by atoms with Crippen LogP contribution < -0.4 is 5.73 Å². The summed E-state index contributed by atoms with van der Waals surface area (Å²) in [4.78, 5) is 4.13. The van der Waals surface area contributed by atoms with Gasteiger partial charge < -0.3 is 0 Å². The zero-order valence-corrected chi connectivity index (χ0v) is 8.70. The topological polar surface area (TPSA) is 43.3 Å². The molecule has 0 bridgehead atoms. The Morgan fingerprint density at radius 3 is 3.09 bits per heavy atom. The molecule has 3 nitrogen and oxygen atoms in total. The molecule has 0 atom stereocenters. The summed E-state index contributed by atoms with van der Waals surface area (Å²) in [6.45, 7) is 1.32. The van der Waals surface area contributed by atoms with Crippen LogP contribution in [0.5, 0.6) is 0 Å². The molecular formula is C7H10GaN3. The first-order valence-electron chi connectivity index (χ1n) is 3.47. The molecule has 1 aromatic rings. The molecule has 0 aliphatic heterocycles. The van der Waals surface area contributed by atoms with Crippen LogP contribution in [0.1, 0.15) is 5.69 Å². The van der Waals surface area contributed by atoms with Gasteiger partial charge in [-0.3, -0.25) is 0 Å². The van der Waals surface area contributed by atoms with Gasteiger partial charge in [-0.25, -0.2) is 0 Å². The van der Waals surface area contributed by atoms with E-state index in [9.17, 15) is 0 Å². The van der Waals surface area contributed by atoms with Crippen molar-refractivity contribution in [3.05, 3.63) is 24.0 Å². The van der Waals surface area contributed by atoms with Crippen LogP contribution in [0, 0.1) is 0 Å². The number of nitrogens with zero attached hydrogens (tertiary/aromatic N) is 2. The Balaban J connectivity index is 2.56. The molecule has 56 valence electrons. The molecule has 0 saturated heterocycles. The Kier molecular flexibility index (Phi) is 3.48. The Bertz CT molecular complexity index is 242. The molecule has 11 heavy (non-hydrogen) atoms. The summed E-state index contributed by atoms with van der Waals surface area (Å²) in [6, 6.07) is 4.04. The number of hydrogen-bond acceptors (Lipinski definition) is 2. The number of rotatable bonds is 3. The van der Waals surface area contributed by atoms with Crippen molar-refractivity contribution in [2.24, 2.45) is 10.7 Å². The maximum absolute atomic E-state index is 5.29. The Morgan fingerprint density at radius 1 is 1.73 bits per heavy atom. The fourth-order valence-electron chi connectivity index (χ4n) is 0.749. The van der Waals surface area contributed by atoms with Gasteiger partial charge in [-0.05, 0) is 0 Å². The van der Waals surface area contributed by atoms with Crippen molar-refractivity contribution >= 4 is 25.1 Å². The summed E-state index contributed by atoms with van der Waals surface area (Å²) in [5.41, 5.74) is 6.43. The Morgan fingerprint density at radius 2 is 2.55 bits per heavy atom. The first-order valence-corrected chi connectivity index (χ1v) is 4.55. The number of aromatic nitrogens is 1. The molecule has 0 amide bonds. The quantitative estimate of drug-likeness (QED) is 0.539. The summed E-state index contributed by atoms with van der Waals surface area (Å²) in [7, 11) is 0. The summed E-state index contributed by atoms with van der Waals surface area (Å²) in [5, 5.41) is 0. The molecular weight excluding hydrogens is 196 g/mol. The average molecular weight is 206 g/mol. The van der Waals surface area contributed by atoms with Gasteiger partial charge in [-0.2, -0.15) is 0 Å². The van der Waals surface area contributed by atoms with E-state index in [1.54, 1.807) is 18.8 Å². The van der Waals surface area contributed by atoms with E-state index in [-0.39, 0.29) is 0 Å². The van der Waals surface area contributed by atoms with Crippen molar-refractivity contribution in [3.8, 4) is 0 Å². The summed E-state index contributed by atoms with van der Waals surface area (Å²) in [6.07, 6.45) is 3.87. The van der Waals surface area contributed by atoms with E-state index in [0.717, 1.165) is 5.69 Å². The summed E-state index contributed by atoms with van der Waals surface area (Å²) in [5.74, 6) is 0. The molecule has 0 aliphatic carbocycles. The second kappa shape index (κ2) is 4.43. The van der Waals surface area contributed by atoms with E-state index in [4.69, 9.17) is 5.73 Å². The maximum atomic E-state index is 5.29. The minimum atomic E-state index is 0.617. The van der Waals surface area contributed by atoms with E-state index >= 15 is 0 Å². The fourth-order valence-corrected chi connectivity index (χ4v) is 1.28. The second-order valence-corrected chi connectivity index (χ2v) is 3.33. The molecule has 0 spiro atoms. The number of aliphatic imine (C=N–C) groups is 1. The van der Waals surface area contributed by atoms with Crippen LogP contribution in [0.15, 0.2) is 23.3 Å². The van der Waals surface area contributed by atoms with Gasteiger partial charge in [0.1, 0.15) is 0 Å². The molecule has 1 aromatic heterocycles. The minimum absolute atomic E-state index is 0.617. The Labute approximate surface area is 76.5 Å². The fraction of sp³-hybridized carbons (Fsp3) is 0.286. The molecule has 0 aliphatic rings. The van der Waals surface area contributed by atoms with Crippen molar-refractivity contribution in [1.29, 1.82) is 0 Å². The van der Waals surface area contributed by atoms with Crippen LogP contribution in [0.25, 0.3) is 0 Å². The predicted molar refractivity (Wildman–Crippen MR) is 47.1 cm³/mol. The second-order valence-electron chi connectivity index (χ2n) is 2.16. The van der Waals surface area contributed by atoms with Crippen LogP contribution in [0.3, 0.4) is 0 Å². The predicted octanol–water partition coefficient (Wildman–Crippen LogP) is -0.203. The van der Waals surface area contributed by atoms with Crippen LogP contribution in [0.2, 0.25) is 0 Å². The molecule has 2 N–H and O–H groups in total. The van der Waals surface area contributed by atoms with Gasteiger partial charge in [0, 0.05) is 0 Å². The molecule has 0 aromatic carbocycles. The normalized spacial score (nSPS) is 11.0. The zero-order valence-electron chi connectivity index (χ0n) is 6.27. The average Bonchev–Trinajstić information content (AvgIpc) is 2.37. The molecule has 1 rings (SSSR count). The summed E-state index contributed by atoms with van der Waals surface area (Å²) >= 11 is 1.55. The van der Waals surface area contributed by atoms with E-state index in [2.05, 4.69) is 8.27 Å². The molecule has 0 unspecified atom stereocenters. The molecule has 4 heteroatoms. The SMILES string of the molecule is NCCN=Cc1ccc[n]1[Ga]. The van der Waals surface area contributed by atoms with Crippen molar-refractivity contribution in [3.63, 3.8) is 0 Å². The van der Waals surface area contributed by atoms with Gasteiger partial charge in [-0.1, -0.05) is 0 Å². The first kappa shape index (κ1) is 8.64. The molecule has 0 fully saturated rings. The first-order chi connectivity index (χ1) is 5.34. The summed E-state index contributed by atoms with van der Waals surface area (Å²) < 4.78 is 2.08.